The molecule has 29 heavy (non-hydrogen) atoms. The van der Waals surface area contributed by atoms with E-state index in [2.05, 4.69) is 22.0 Å². The Hall–Kier alpha value is -3.45. The average molecular weight is 414 g/mol. The second kappa shape index (κ2) is 6.28. The average Bonchev–Trinajstić information content (AvgIpc) is 3.17. The number of carbonyl (C=O) groups is 1. The molecule has 2 aliphatic rings. The summed E-state index contributed by atoms with van der Waals surface area (Å²) in [7, 11) is -2.17. The molecule has 1 amide bonds. The molecule has 9 nitrogen and oxygen atoms in total. The van der Waals surface area contributed by atoms with Crippen LogP contribution < -0.4 is 24.9 Å². The van der Waals surface area contributed by atoms with Gasteiger partial charge in [-0.1, -0.05) is 0 Å². The van der Waals surface area contributed by atoms with Crippen molar-refractivity contribution in [1.29, 1.82) is 5.26 Å². The number of rotatable bonds is 4. The summed E-state index contributed by atoms with van der Waals surface area (Å²) in [5.74, 6) is 0.236. The quantitative estimate of drug-likeness (QED) is 0.650. The fourth-order valence-electron chi connectivity index (χ4n) is 3.50. The van der Waals surface area contributed by atoms with Gasteiger partial charge in [0.25, 0.3) is 0 Å². The minimum absolute atomic E-state index is 0.148. The number of anilines is 3. The highest BCUT2D eigenvalue weighted by Gasteiger charge is 2.44. The molecule has 0 spiro atoms. The lowest BCUT2D eigenvalue weighted by Crippen LogP contribution is -2.28. The number of hydrogen-bond acceptors (Lipinski definition) is 8. The fourth-order valence-corrected chi connectivity index (χ4v) is 3.95. The van der Waals surface area contributed by atoms with Gasteiger partial charge in [0, 0.05) is 22.9 Å². The van der Waals surface area contributed by atoms with E-state index < -0.39 is 15.5 Å². The Morgan fingerprint density at radius 1 is 1.14 bits per heavy atom. The minimum Gasteiger partial charge on any atom is -0.496 e. The largest absolute Gasteiger partial charge is 0.496 e. The first-order valence-electron chi connectivity index (χ1n) is 8.66. The molecule has 10 heteroatoms. The van der Waals surface area contributed by atoms with Crippen LogP contribution in [0.25, 0.3) is 0 Å². The Balaban J connectivity index is 1.66. The Labute approximate surface area is 167 Å². The molecule has 0 fully saturated rings. The van der Waals surface area contributed by atoms with E-state index in [9.17, 15) is 18.5 Å². The summed E-state index contributed by atoms with van der Waals surface area (Å²) in [4.78, 5) is 12.2. The lowest BCUT2D eigenvalue weighted by atomic mass is 9.85. The van der Waals surface area contributed by atoms with E-state index in [-0.39, 0.29) is 17.8 Å². The van der Waals surface area contributed by atoms with E-state index in [4.69, 9.17) is 8.92 Å². The van der Waals surface area contributed by atoms with Gasteiger partial charge in [-0.3, -0.25) is 4.79 Å². The van der Waals surface area contributed by atoms with Crippen molar-refractivity contribution < 1.29 is 22.1 Å². The van der Waals surface area contributed by atoms with E-state index in [1.165, 1.54) is 19.2 Å². The molecule has 0 bridgehead atoms. The van der Waals surface area contributed by atoms with E-state index in [0.29, 0.717) is 17.0 Å². The molecule has 0 aliphatic carbocycles. The molecule has 0 saturated carbocycles. The molecule has 2 aliphatic heterocycles. The number of methoxy groups -OCH3 is 1. The number of ether oxygens (including phenoxy) is 1. The van der Waals surface area contributed by atoms with Gasteiger partial charge < -0.3 is 24.9 Å². The topological polar surface area (TPSA) is 130 Å². The predicted molar refractivity (Wildman–Crippen MR) is 106 cm³/mol. The van der Waals surface area contributed by atoms with Crippen LogP contribution in [0.2, 0.25) is 0 Å². The van der Waals surface area contributed by atoms with Crippen LogP contribution in [0.1, 0.15) is 24.2 Å². The van der Waals surface area contributed by atoms with E-state index in [0.717, 1.165) is 23.2 Å². The summed E-state index contributed by atoms with van der Waals surface area (Å²) in [6.45, 7) is 1.59. The van der Waals surface area contributed by atoms with Crippen LogP contribution in [-0.2, 0) is 20.3 Å². The molecule has 2 aromatic rings. The zero-order valence-electron chi connectivity index (χ0n) is 15.9. The third-order valence-electron chi connectivity index (χ3n) is 4.99. The highest BCUT2D eigenvalue weighted by Crippen LogP contribution is 2.46. The number of nitriles is 1. The van der Waals surface area contributed by atoms with Gasteiger partial charge in [0.05, 0.1) is 30.8 Å². The molecule has 2 heterocycles. The van der Waals surface area contributed by atoms with Gasteiger partial charge in [0.15, 0.2) is 5.41 Å². The molecule has 3 N–H and O–H groups in total. The van der Waals surface area contributed by atoms with Crippen LogP contribution in [0.3, 0.4) is 0 Å². The Morgan fingerprint density at radius 2 is 1.83 bits per heavy atom. The summed E-state index contributed by atoms with van der Waals surface area (Å²) < 4.78 is 33.0. The SMILES string of the molecule is COc1cc(OS(C)(=O)=O)ccc1C1Nc2cc3c(cc2N1)C(C)(C#N)C(=O)N3. The van der Waals surface area contributed by atoms with Crippen molar-refractivity contribution in [3.63, 3.8) is 0 Å². The van der Waals surface area contributed by atoms with Crippen molar-refractivity contribution in [3.05, 3.63) is 41.5 Å². The minimum atomic E-state index is -3.65. The van der Waals surface area contributed by atoms with Gasteiger partial charge in [0.1, 0.15) is 17.7 Å². The zero-order chi connectivity index (χ0) is 21.0. The van der Waals surface area contributed by atoms with Gasteiger partial charge in [-0.2, -0.15) is 13.7 Å². The van der Waals surface area contributed by atoms with Gasteiger partial charge in [-0.15, -0.1) is 0 Å². The molecule has 2 unspecified atom stereocenters. The maximum absolute atomic E-state index is 12.2. The van der Waals surface area contributed by atoms with Crippen molar-refractivity contribution in [2.45, 2.75) is 18.5 Å². The lowest BCUT2D eigenvalue weighted by Gasteiger charge is -2.17. The second-order valence-electron chi connectivity index (χ2n) is 7.05. The van der Waals surface area contributed by atoms with Crippen LogP contribution in [0, 0.1) is 11.3 Å². The number of nitrogens with zero attached hydrogens (tertiary/aromatic N) is 1. The summed E-state index contributed by atoms with van der Waals surface area (Å²) in [5.41, 5.74) is 2.20. The summed E-state index contributed by atoms with van der Waals surface area (Å²) >= 11 is 0. The first-order chi connectivity index (χ1) is 13.6. The smallest absolute Gasteiger partial charge is 0.306 e. The molecule has 2 atom stereocenters. The maximum atomic E-state index is 12.2. The molecular formula is C19H18N4O5S. The number of benzene rings is 2. The molecule has 0 radical (unpaired) electrons. The van der Waals surface area contributed by atoms with Gasteiger partial charge in [0.2, 0.25) is 5.91 Å². The van der Waals surface area contributed by atoms with Gasteiger partial charge in [-0.05, 0) is 31.2 Å². The van der Waals surface area contributed by atoms with Gasteiger partial charge in [-0.25, -0.2) is 0 Å². The van der Waals surface area contributed by atoms with E-state index in [1.54, 1.807) is 25.1 Å². The maximum Gasteiger partial charge on any atom is 0.306 e. The zero-order valence-corrected chi connectivity index (χ0v) is 16.7. The highest BCUT2D eigenvalue weighted by atomic mass is 32.2. The number of nitrogens with one attached hydrogen (secondary N) is 3. The predicted octanol–water partition coefficient (Wildman–Crippen LogP) is 2.30. The van der Waals surface area contributed by atoms with Crippen molar-refractivity contribution in [3.8, 4) is 17.6 Å². The van der Waals surface area contributed by atoms with Crippen molar-refractivity contribution >= 4 is 33.1 Å². The highest BCUT2D eigenvalue weighted by molar-refractivity contribution is 7.86. The number of amides is 1. The van der Waals surface area contributed by atoms with Gasteiger partial charge >= 0.3 is 10.1 Å². The van der Waals surface area contributed by atoms with Crippen LogP contribution in [0.5, 0.6) is 11.5 Å². The summed E-state index contributed by atoms with van der Waals surface area (Å²) in [5, 5.41) is 18.8. The van der Waals surface area contributed by atoms with Crippen molar-refractivity contribution in [2.24, 2.45) is 0 Å². The Bertz CT molecular complexity index is 1190. The Morgan fingerprint density at radius 3 is 2.45 bits per heavy atom. The first kappa shape index (κ1) is 18.9. The molecule has 4 rings (SSSR count). The Kier molecular flexibility index (Phi) is 4.09. The normalized spacial score (nSPS) is 21.9. The van der Waals surface area contributed by atoms with E-state index in [1.807, 2.05) is 0 Å². The lowest BCUT2D eigenvalue weighted by molar-refractivity contribution is -0.118. The van der Waals surface area contributed by atoms with Crippen molar-refractivity contribution in [1.82, 2.24) is 0 Å². The van der Waals surface area contributed by atoms with Crippen LogP contribution >= 0.6 is 0 Å². The molecule has 2 aromatic carbocycles. The van der Waals surface area contributed by atoms with Crippen LogP contribution in [0.4, 0.5) is 17.1 Å². The fraction of sp³-hybridized carbons (Fsp3) is 0.263. The van der Waals surface area contributed by atoms with Crippen molar-refractivity contribution in [2.75, 3.05) is 29.3 Å². The monoisotopic (exact) mass is 414 g/mol. The molecule has 0 saturated heterocycles. The second-order valence-corrected chi connectivity index (χ2v) is 8.62. The molecular weight excluding hydrogens is 396 g/mol. The van der Waals surface area contributed by atoms with Crippen LogP contribution in [0.15, 0.2) is 30.3 Å². The number of carbonyl (C=O) groups excluding carboxylic acids is 1. The molecule has 150 valence electrons. The summed E-state index contributed by atoms with van der Waals surface area (Å²) in [6, 6.07) is 10.4. The van der Waals surface area contributed by atoms with Crippen LogP contribution in [-0.4, -0.2) is 27.7 Å². The molecule has 0 aromatic heterocycles. The third-order valence-corrected chi connectivity index (χ3v) is 5.48. The number of fused-ring (bicyclic) bond motifs is 2. The standard InChI is InChI=1S/C19H18N4O5S/c1-19(9-20)12-7-14-15(8-13(12)23-18(19)24)22-17(21-14)11-5-4-10(6-16(11)27-2)28-29(3,25)26/h4-8,17,21-22H,1-3H3,(H,23,24). The third kappa shape index (κ3) is 3.09. The van der Waals surface area contributed by atoms with E-state index >= 15 is 0 Å². The number of hydrogen-bond donors (Lipinski definition) is 3. The first-order valence-corrected chi connectivity index (χ1v) is 10.5. The summed E-state index contributed by atoms with van der Waals surface area (Å²) in [6.07, 6.45) is 0.607.